The lowest BCUT2D eigenvalue weighted by Crippen LogP contribution is -2.31. The number of methoxy groups -OCH3 is 2. The molecule has 29 heavy (non-hydrogen) atoms. The summed E-state index contributed by atoms with van der Waals surface area (Å²) < 4.78 is 10.6. The van der Waals surface area contributed by atoms with Crippen LogP contribution in [0.2, 0.25) is 0 Å². The number of carboxylic acid groups (broad SMARTS) is 1. The lowest BCUT2D eigenvalue weighted by atomic mass is 9.80. The van der Waals surface area contributed by atoms with Crippen LogP contribution >= 0.6 is 0 Å². The molecule has 2 aromatic carbocycles. The van der Waals surface area contributed by atoms with E-state index in [1.165, 1.54) is 7.11 Å². The molecule has 6 nitrogen and oxygen atoms in total. The van der Waals surface area contributed by atoms with Gasteiger partial charge in [0, 0.05) is 18.1 Å². The highest BCUT2D eigenvalue weighted by atomic mass is 16.5. The highest BCUT2D eigenvalue weighted by Crippen LogP contribution is 2.32. The highest BCUT2D eigenvalue weighted by Gasteiger charge is 2.25. The minimum atomic E-state index is -1.00. The first-order chi connectivity index (χ1) is 13.8. The molecule has 6 heteroatoms. The minimum Gasteiger partial charge on any atom is -0.497 e. The van der Waals surface area contributed by atoms with Crippen LogP contribution in [0.25, 0.3) is 0 Å². The Labute approximate surface area is 171 Å². The summed E-state index contributed by atoms with van der Waals surface area (Å²) in [5, 5.41) is 12.2. The fraction of sp³-hybridized carbons (Fsp3) is 0.391. The van der Waals surface area contributed by atoms with Crippen molar-refractivity contribution in [2.75, 3.05) is 14.2 Å². The van der Waals surface area contributed by atoms with Crippen LogP contribution in [-0.4, -0.2) is 31.2 Å². The summed E-state index contributed by atoms with van der Waals surface area (Å²) in [6, 6.07) is 14.4. The average Bonchev–Trinajstić information content (AvgIpc) is 2.71. The van der Waals surface area contributed by atoms with E-state index < -0.39 is 12.0 Å². The first kappa shape index (κ1) is 22.3. The first-order valence-electron chi connectivity index (χ1n) is 9.55. The average molecular weight is 399 g/mol. The van der Waals surface area contributed by atoms with Gasteiger partial charge in [0.15, 0.2) is 0 Å². The second kappa shape index (κ2) is 9.96. The predicted octanol–water partition coefficient (Wildman–Crippen LogP) is 4.09. The van der Waals surface area contributed by atoms with Crippen molar-refractivity contribution >= 4 is 11.9 Å². The molecule has 2 aromatic rings. The Balaban J connectivity index is 2.12. The van der Waals surface area contributed by atoms with E-state index >= 15 is 0 Å². The van der Waals surface area contributed by atoms with Gasteiger partial charge in [-0.05, 0) is 29.5 Å². The maximum atomic E-state index is 12.6. The molecule has 1 atom stereocenters. The first-order valence-corrected chi connectivity index (χ1v) is 9.55. The maximum absolute atomic E-state index is 12.6. The van der Waals surface area contributed by atoms with Gasteiger partial charge in [0.1, 0.15) is 11.5 Å². The summed E-state index contributed by atoms with van der Waals surface area (Å²) >= 11 is 0. The van der Waals surface area contributed by atoms with E-state index in [2.05, 4.69) is 19.2 Å². The Morgan fingerprint density at radius 1 is 1.07 bits per heavy atom. The van der Waals surface area contributed by atoms with Gasteiger partial charge < -0.3 is 19.9 Å². The molecule has 1 amide bonds. The molecular weight excluding hydrogens is 370 g/mol. The third-order valence-corrected chi connectivity index (χ3v) is 5.06. The van der Waals surface area contributed by atoms with Crippen LogP contribution in [0.15, 0.2) is 48.5 Å². The van der Waals surface area contributed by atoms with E-state index in [-0.39, 0.29) is 24.2 Å². The molecule has 0 aliphatic carbocycles. The quantitative estimate of drug-likeness (QED) is 0.628. The number of carboxylic acids is 1. The lowest BCUT2D eigenvalue weighted by Gasteiger charge is -2.26. The Bertz CT molecular complexity index is 832. The summed E-state index contributed by atoms with van der Waals surface area (Å²) in [5.74, 6) is -0.132. The summed E-state index contributed by atoms with van der Waals surface area (Å²) in [4.78, 5) is 24.0. The van der Waals surface area contributed by atoms with Crippen LogP contribution in [-0.2, 0) is 15.0 Å². The normalized spacial score (nSPS) is 12.1. The molecule has 0 aromatic heterocycles. The van der Waals surface area contributed by atoms with Crippen molar-refractivity contribution in [1.82, 2.24) is 5.32 Å². The van der Waals surface area contributed by atoms with Gasteiger partial charge in [-0.25, -0.2) is 0 Å². The minimum absolute atomic E-state index is 0.168. The molecule has 0 fully saturated rings. The molecule has 0 bridgehead atoms. The number of hydrogen-bond acceptors (Lipinski definition) is 4. The summed E-state index contributed by atoms with van der Waals surface area (Å²) in [7, 11) is 3.04. The number of carbonyl (C=O) groups is 2. The number of ether oxygens (including phenoxy) is 2. The zero-order valence-corrected chi connectivity index (χ0v) is 17.4. The van der Waals surface area contributed by atoms with Gasteiger partial charge in [-0.15, -0.1) is 0 Å². The maximum Gasteiger partial charge on any atom is 0.305 e. The zero-order valence-electron chi connectivity index (χ0n) is 17.4. The van der Waals surface area contributed by atoms with Crippen molar-refractivity contribution < 1.29 is 24.2 Å². The standard InChI is InChI=1S/C23H29NO5/c1-23(2,16-8-6-5-7-9-16)13-12-21(25)24-19(15-22(26)27)18-11-10-17(28-3)14-20(18)29-4/h5-11,14,19H,12-13,15H2,1-4H3,(H,24,25)(H,26,27). The van der Waals surface area contributed by atoms with Gasteiger partial charge in [0.25, 0.3) is 0 Å². The second-order valence-electron chi connectivity index (χ2n) is 7.58. The molecule has 156 valence electrons. The van der Waals surface area contributed by atoms with Crippen LogP contribution in [0.4, 0.5) is 0 Å². The SMILES string of the molecule is COc1ccc(C(CC(=O)O)NC(=O)CCC(C)(C)c2ccccc2)c(OC)c1. The number of rotatable bonds is 10. The van der Waals surface area contributed by atoms with Gasteiger partial charge in [-0.2, -0.15) is 0 Å². The highest BCUT2D eigenvalue weighted by molar-refractivity contribution is 5.78. The Hall–Kier alpha value is -3.02. The van der Waals surface area contributed by atoms with Crippen LogP contribution in [0, 0.1) is 0 Å². The fourth-order valence-corrected chi connectivity index (χ4v) is 3.25. The van der Waals surface area contributed by atoms with Crippen molar-refractivity contribution in [1.29, 1.82) is 0 Å². The smallest absolute Gasteiger partial charge is 0.305 e. The van der Waals surface area contributed by atoms with Crippen molar-refractivity contribution in [2.24, 2.45) is 0 Å². The summed E-state index contributed by atoms with van der Waals surface area (Å²) in [5.41, 5.74) is 1.59. The molecule has 2 rings (SSSR count). The molecule has 0 radical (unpaired) electrons. The fourth-order valence-electron chi connectivity index (χ4n) is 3.25. The van der Waals surface area contributed by atoms with Crippen LogP contribution in [0.5, 0.6) is 11.5 Å². The molecule has 1 unspecified atom stereocenters. The van der Waals surface area contributed by atoms with Gasteiger partial charge >= 0.3 is 5.97 Å². The molecule has 0 saturated carbocycles. The van der Waals surface area contributed by atoms with E-state index in [0.717, 1.165) is 5.56 Å². The molecule has 0 saturated heterocycles. The number of amides is 1. The molecule has 0 heterocycles. The van der Waals surface area contributed by atoms with Crippen LogP contribution in [0.3, 0.4) is 0 Å². The van der Waals surface area contributed by atoms with E-state index in [0.29, 0.717) is 23.5 Å². The monoisotopic (exact) mass is 399 g/mol. The Kier molecular flexibility index (Phi) is 7.65. The summed E-state index contributed by atoms with van der Waals surface area (Å²) in [6.07, 6.45) is 0.690. The van der Waals surface area contributed by atoms with E-state index in [4.69, 9.17) is 9.47 Å². The van der Waals surface area contributed by atoms with Crippen molar-refractivity contribution in [2.45, 2.75) is 44.6 Å². The zero-order chi connectivity index (χ0) is 21.4. The lowest BCUT2D eigenvalue weighted by molar-refractivity contribution is -0.137. The number of carbonyl (C=O) groups excluding carboxylic acids is 1. The third kappa shape index (κ3) is 6.24. The Morgan fingerprint density at radius 2 is 1.76 bits per heavy atom. The molecule has 0 aliphatic rings. The number of aliphatic carboxylic acids is 1. The molecular formula is C23H29NO5. The number of nitrogens with one attached hydrogen (secondary N) is 1. The molecule has 0 aliphatic heterocycles. The Morgan fingerprint density at radius 3 is 2.34 bits per heavy atom. The third-order valence-electron chi connectivity index (χ3n) is 5.06. The summed E-state index contributed by atoms with van der Waals surface area (Å²) in [6.45, 7) is 4.19. The number of hydrogen-bond donors (Lipinski definition) is 2. The second-order valence-corrected chi connectivity index (χ2v) is 7.58. The molecule has 0 spiro atoms. The van der Waals surface area contributed by atoms with Gasteiger partial charge in [-0.1, -0.05) is 44.2 Å². The predicted molar refractivity (Wildman–Crippen MR) is 111 cm³/mol. The molecule has 2 N–H and O–H groups in total. The topological polar surface area (TPSA) is 84.9 Å². The van der Waals surface area contributed by atoms with Crippen molar-refractivity contribution in [3.05, 3.63) is 59.7 Å². The van der Waals surface area contributed by atoms with Crippen molar-refractivity contribution in [3.8, 4) is 11.5 Å². The number of benzene rings is 2. The van der Waals surface area contributed by atoms with E-state index in [1.54, 1.807) is 25.3 Å². The van der Waals surface area contributed by atoms with E-state index in [1.807, 2.05) is 30.3 Å². The van der Waals surface area contributed by atoms with Crippen LogP contribution in [0.1, 0.15) is 50.3 Å². The van der Waals surface area contributed by atoms with Crippen molar-refractivity contribution in [3.63, 3.8) is 0 Å². The largest absolute Gasteiger partial charge is 0.497 e. The van der Waals surface area contributed by atoms with Gasteiger partial charge in [0.2, 0.25) is 5.91 Å². The van der Waals surface area contributed by atoms with Crippen LogP contribution < -0.4 is 14.8 Å². The van der Waals surface area contributed by atoms with Gasteiger partial charge in [0.05, 0.1) is 26.7 Å². The van der Waals surface area contributed by atoms with E-state index in [9.17, 15) is 14.7 Å². The van der Waals surface area contributed by atoms with Gasteiger partial charge in [-0.3, -0.25) is 9.59 Å².